The average molecular weight is 404 g/mol. The second-order valence-electron chi connectivity index (χ2n) is 3.47. The number of hydrogen-bond acceptors (Lipinski definition) is 3. The van der Waals surface area contributed by atoms with Crippen molar-refractivity contribution in [1.82, 2.24) is 0 Å². The molecule has 12 nitrogen and oxygen atoms in total. The first-order chi connectivity index (χ1) is 9.41. The molecule has 12 N–H and O–H groups in total. The predicted octanol–water partition coefficient (Wildman–Crippen LogP) is -1.40. The van der Waals surface area contributed by atoms with Gasteiger partial charge in [0.05, 0.1) is 6.61 Å². The van der Waals surface area contributed by atoms with Crippen LogP contribution in [0.2, 0.25) is 0 Å². The van der Waals surface area contributed by atoms with Crippen LogP contribution in [-0.4, -0.2) is 59.0 Å². The zero-order valence-electron chi connectivity index (χ0n) is 13.3. The van der Waals surface area contributed by atoms with Gasteiger partial charge < -0.3 is 50.5 Å². The Hall–Kier alpha value is -0.460. The summed E-state index contributed by atoms with van der Waals surface area (Å²) in [5.41, 5.74) is 0. The molecule has 0 atom stereocenters. The van der Waals surface area contributed by atoms with Crippen LogP contribution in [0.4, 0.5) is 0 Å². The van der Waals surface area contributed by atoms with Crippen LogP contribution in [0.15, 0.2) is 24.8 Å². The molecule has 24 heavy (non-hydrogen) atoms. The fourth-order valence-electron chi connectivity index (χ4n) is 0.757. The van der Waals surface area contributed by atoms with Crippen molar-refractivity contribution < 1.29 is 59.7 Å². The molecule has 0 amide bonds. The molecule has 0 aliphatic carbocycles. The quantitative estimate of drug-likeness (QED) is 0.165. The molecule has 0 unspecified atom stereocenters. The third-order valence-electron chi connectivity index (χ3n) is 1.38. The van der Waals surface area contributed by atoms with Gasteiger partial charge in [-0.2, -0.15) is 0 Å². The summed E-state index contributed by atoms with van der Waals surface area (Å²) in [6, 6.07) is 0. The summed E-state index contributed by atoms with van der Waals surface area (Å²) in [5, 5.41) is 0. The van der Waals surface area contributed by atoms with Gasteiger partial charge in [0, 0.05) is 6.61 Å². The molecule has 0 aliphatic heterocycles. The van der Waals surface area contributed by atoms with Gasteiger partial charge in [-0.05, 0) is 6.42 Å². The summed E-state index contributed by atoms with van der Waals surface area (Å²) in [6.45, 7) is 7.36. The van der Waals surface area contributed by atoms with Crippen LogP contribution in [0, 0.1) is 0 Å². The summed E-state index contributed by atoms with van der Waals surface area (Å²) in [7, 11) is -9.28. The monoisotopic (exact) mass is 404 g/mol. The van der Waals surface area contributed by atoms with Gasteiger partial charge in [0.25, 0.3) is 0 Å². The van der Waals surface area contributed by atoms with E-state index in [0.717, 1.165) is 13.2 Å². The van der Waals surface area contributed by atoms with Gasteiger partial charge in [-0.25, -0.2) is 9.13 Å². The van der Waals surface area contributed by atoms with Gasteiger partial charge in [0.1, 0.15) is 0 Å². The lowest BCUT2D eigenvalue weighted by Crippen LogP contribution is -1.93. The summed E-state index contributed by atoms with van der Waals surface area (Å²) in [5.74, 6) is 0. The Morgan fingerprint density at radius 1 is 0.917 bits per heavy atom. The van der Waals surface area contributed by atoms with E-state index in [2.05, 4.69) is 13.5 Å². The highest BCUT2D eigenvalue weighted by Crippen LogP contribution is 2.26. The van der Waals surface area contributed by atoms with Crippen LogP contribution < -0.4 is 0 Å². The molecule has 0 saturated heterocycles. The topological polar surface area (TPSA) is 259 Å². The van der Waals surface area contributed by atoms with E-state index in [9.17, 15) is 0 Å². The fraction of sp³-hybridized carbons (Fsp3) is 0.600. The molecular formula is C10H30O12P2. The van der Waals surface area contributed by atoms with E-state index in [-0.39, 0.29) is 16.4 Å². The lowest BCUT2D eigenvalue weighted by Gasteiger charge is -1.98. The van der Waals surface area contributed by atoms with Crippen molar-refractivity contribution in [3.8, 4) is 0 Å². The van der Waals surface area contributed by atoms with Gasteiger partial charge in [-0.1, -0.05) is 44.6 Å². The maximum absolute atomic E-state index is 8.88. The summed E-state index contributed by atoms with van der Waals surface area (Å²) < 4.78 is 23.1. The Kier molecular flexibility index (Phi) is 40.2. The Morgan fingerprint density at radius 2 is 1.29 bits per heavy atom. The number of ether oxygens (including phenoxy) is 1. The van der Waals surface area contributed by atoms with E-state index in [1.54, 1.807) is 6.08 Å². The molecule has 14 heteroatoms. The number of phosphoric acid groups is 2. The molecule has 0 aromatic carbocycles. The lowest BCUT2D eigenvalue weighted by molar-refractivity contribution is 0.157. The number of hydrogen-bond donors (Lipinski definition) is 6. The molecule has 0 spiro atoms. The van der Waals surface area contributed by atoms with Crippen molar-refractivity contribution in [2.75, 3.05) is 13.2 Å². The molecule has 0 saturated carbocycles. The Bertz CT molecular complexity index is 311. The first-order valence-corrected chi connectivity index (χ1v) is 8.96. The molecule has 0 bridgehead atoms. The maximum Gasteiger partial charge on any atom is 0.466 e. The highest BCUT2D eigenvalue weighted by molar-refractivity contribution is 7.45. The maximum atomic E-state index is 8.88. The Morgan fingerprint density at radius 3 is 1.58 bits per heavy atom. The molecule has 0 aromatic heterocycles. The standard InChI is InChI=1S/C10H18O.2H3O4P.3H2O/c1-3-5-7-9-11-10-8-6-4-2;2*1-5(2,3)4;;;/h3,5,7H,1,4,6,8-10H2,2H3;2*(H3,1,2,3,4);3*1H2. The van der Waals surface area contributed by atoms with Crippen LogP contribution in [0.25, 0.3) is 0 Å². The van der Waals surface area contributed by atoms with E-state index in [1.807, 2.05) is 12.2 Å². The molecule has 0 radical (unpaired) electrons. The van der Waals surface area contributed by atoms with E-state index in [1.165, 1.54) is 19.3 Å². The summed E-state index contributed by atoms with van der Waals surface area (Å²) in [4.78, 5) is 43.1. The summed E-state index contributed by atoms with van der Waals surface area (Å²) in [6.07, 6.45) is 9.34. The summed E-state index contributed by atoms with van der Waals surface area (Å²) >= 11 is 0. The van der Waals surface area contributed by atoms with Gasteiger partial charge in [0.2, 0.25) is 0 Å². The van der Waals surface area contributed by atoms with Crippen molar-refractivity contribution in [1.29, 1.82) is 0 Å². The number of rotatable bonds is 7. The van der Waals surface area contributed by atoms with Crippen LogP contribution in [-0.2, 0) is 13.9 Å². The van der Waals surface area contributed by atoms with Crippen LogP contribution in [0.3, 0.4) is 0 Å². The van der Waals surface area contributed by atoms with Gasteiger partial charge in [-0.3, -0.25) is 0 Å². The third-order valence-corrected chi connectivity index (χ3v) is 1.38. The van der Waals surface area contributed by atoms with E-state index in [0.29, 0.717) is 0 Å². The van der Waals surface area contributed by atoms with Crippen molar-refractivity contribution in [3.05, 3.63) is 24.8 Å². The minimum absolute atomic E-state index is 0. The Balaban J connectivity index is -0.0000000536. The number of allylic oxidation sites excluding steroid dienone is 2. The van der Waals surface area contributed by atoms with Gasteiger partial charge >= 0.3 is 15.6 Å². The third kappa shape index (κ3) is 160. The normalized spacial score (nSPS) is 9.79. The number of unbranched alkanes of at least 4 members (excludes halogenated alkanes) is 2. The molecule has 0 aromatic rings. The minimum atomic E-state index is -4.64. The SMILES string of the molecule is C=CC=CCOCCCCC.O.O.O.O=P(O)(O)O.O=P(O)(O)O. The molecule has 152 valence electrons. The van der Waals surface area contributed by atoms with E-state index < -0.39 is 15.6 Å². The van der Waals surface area contributed by atoms with Gasteiger partial charge in [0.15, 0.2) is 0 Å². The molecule has 0 rings (SSSR count). The zero-order valence-corrected chi connectivity index (χ0v) is 15.1. The van der Waals surface area contributed by atoms with E-state index in [4.69, 9.17) is 43.2 Å². The second-order valence-corrected chi connectivity index (χ2v) is 5.53. The van der Waals surface area contributed by atoms with Crippen molar-refractivity contribution >= 4 is 15.6 Å². The average Bonchev–Trinajstić information content (AvgIpc) is 2.23. The molecule has 0 heterocycles. The molecular weight excluding hydrogens is 374 g/mol. The largest absolute Gasteiger partial charge is 0.466 e. The minimum Gasteiger partial charge on any atom is -0.412 e. The highest BCUT2D eigenvalue weighted by atomic mass is 31.2. The molecule has 0 aliphatic rings. The van der Waals surface area contributed by atoms with Crippen molar-refractivity contribution in [2.24, 2.45) is 0 Å². The van der Waals surface area contributed by atoms with Crippen molar-refractivity contribution in [2.45, 2.75) is 26.2 Å². The molecule has 0 fully saturated rings. The lowest BCUT2D eigenvalue weighted by atomic mass is 10.3. The van der Waals surface area contributed by atoms with Crippen LogP contribution in [0.5, 0.6) is 0 Å². The van der Waals surface area contributed by atoms with Crippen LogP contribution in [0.1, 0.15) is 26.2 Å². The van der Waals surface area contributed by atoms with E-state index >= 15 is 0 Å². The zero-order chi connectivity index (χ0) is 17.4. The highest BCUT2D eigenvalue weighted by Gasteiger charge is 2.00. The first kappa shape index (κ1) is 38.9. The Labute approximate surface area is 140 Å². The first-order valence-electron chi connectivity index (χ1n) is 5.83. The second kappa shape index (κ2) is 24.8. The smallest absolute Gasteiger partial charge is 0.412 e. The van der Waals surface area contributed by atoms with Crippen molar-refractivity contribution in [3.63, 3.8) is 0 Å². The van der Waals surface area contributed by atoms with Gasteiger partial charge in [-0.15, -0.1) is 0 Å². The van der Waals surface area contributed by atoms with Crippen LogP contribution >= 0.6 is 15.6 Å². The fourth-order valence-corrected chi connectivity index (χ4v) is 0.757. The predicted molar refractivity (Wildman–Crippen MR) is 89.0 cm³/mol.